The van der Waals surface area contributed by atoms with Gasteiger partial charge in [0.1, 0.15) is 5.60 Å². The predicted molar refractivity (Wildman–Crippen MR) is 94.1 cm³/mol. The lowest BCUT2D eigenvalue weighted by atomic mass is 10.1. The van der Waals surface area contributed by atoms with Gasteiger partial charge in [-0.1, -0.05) is 29.3 Å². The smallest absolute Gasteiger partial charge is 0.407 e. The Kier molecular flexibility index (Phi) is 6.18. The third-order valence-corrected chi connectivity index (χ3v) is 4.33. The molecule has 128 valence electrons. The summed E-state index contributed by atoms with van der Waals surface area (Å²) >= 11 is 12.3. The van der Waals surface area contributed by atoms with Crippen molar-refractivity contribution >= 4 is 29.3 Å². The molecule has 1 atom stereocenters. The Morgan fingerprint density at radius 3 is 2.43 bits per heavy atom. The van der Waals surface area contributed by atoms with Crippen molar-refractivity contribution in [3.8, 4) is 0 Å². The number of hydrogen-bond acceptors (Lipinski definition) is 3. The molecule has 1 saturated carbocycles. The number of nitrogens with one attached hydrogen (secondary N) is 2. The van der Waals surface area contributed by atoms with Gasteiger partial charge >= 0.3 is 6.09 Å². The molecule has 6 heteroatoms. The van der Waals surface area contributed by atoms with E-state index in [0.717, 1.165) is 18.4 Å². The number of alkyl carbamates (subject to hydrolysis) is 1. The van der Waals surface area contributed by atoms with Gasteiger partial charge in [0, 0.05) is 34.7 Å². The Labute approximate surface area is 147 Å². The Bertz CT molecular complexity index is 534. The number of carbonyl (C=O) groups is 1. The Hall–Kier alpha value is -0.970. The summed E-state index contributed by atoms with van der Waals surface area (Å²) in [5, 5.41) is 7.59. The van der Waals surface area contributed by atoms with Crippen LogP contribution in [-0.2, 0) is 11.3 Å². The molecule has 1 amide bonds. The van der Waals surface area contributed by atoms with Crippen molar-refractivity contribution in [3.05, 3.63) is 33.8 Å². The summed E-state index contributed by atoms with van der Waals surface area (Å²) in [7, 11) is 0. The summed E-state index contributed by atoms with van der Waals surface area (Å²) < 4.78 is 5.33. The van der Waals surface area contributed by atoms with E-state index in [1.165, 1.54) is 0 Å². The highest BCUT2D eigenvalue weighted by Gasteiger charge is 2.33. The minimum absolute atomic E-state index is 0.0612. The van der Waals surface area contributed by atoms with E-state index in [2.05, 4.69) is 10.6 Å². The van der Waals surface area contributed by atoms with Crippen molar-refractivity contribution in [2.75, 3.05) is 6.54 Å². The molecule has 1 unspecified atom stereocenters. The lowest BCUT2D eigenvalue weighted by Crippen LogP contribution is -2.45. The summed E-state index contributed by atoms with van der Waals surface area (Å²) in [5.41, 5.74) is 0.388. The lowest BCUT2D eigenvalue weighted by molar-refractivity contribution is 0.0497. The quantitative estimate of drug-likeness (QED) is 0.792. The monoisotopic (exact) mass is 358 g/mol. The molecule has 1 aliphatic rings. The molecule has 1 fully saturated rings. The molecule has 0 spiro atoms. The van der Waals surface area contributed by atoms with E-state index in [4.69, 9.17) is 27.9 Å². The van der Waals surface area contributed by atoms with Crippen molar-refractivity contribution in [3.63, 3.8) is 0 Å². The van der Waals surface area contributed by atoms with Gasteiger partial charge in [0.05, 0.1) is 0 Å². The maximum absolute atomic E-state index is 11.9. The molecule has 1 aromatic carbocycles. The van der Waals surface area contributed by atoms with Crippen molar-refractivity contribution < 1.29 is 9.53 Å². The molecule has 4 nitrogen and oxygen atoms in total. The fourth-order valence-electron chi connectivity index (χ4n) is 2.35. The van der Waals surface area contributed by atoms with Crippen molar-refractivity contribution in [1.82, 2.24) is 10.6 Å². The lowest BCUT2D eigenvalue weighted by Gasteiger charge is -2.24. The van der Waals surface area contributed by atoms with Gasteiger partial charge in [-0.05, 0) is 51.7 Å². The van der Waals surface area contributed by atoms with Crippen LogP contribution < -0.4 is 10.6 Å². The SMILES string of the molecule is CC(C)(C)OC(=O)NC(CNCc1c(Cl)cccc1Cl)C1CC1. The average Bonchev–Trinajstić information content (AvgIpc) is 3.23. The van der Waals surface area contributed by atoms with E-state index in [9.17, 15) is 4.79 Å². The maximum atomic E-state index is 11.9. The molecule has 0 aliphatic heterocycles. The summed E-state index contributed by atoms with van der Waals surface area (Å²) in [4.78, 5) is 11.9. The van der Waals surface area contributed by atoms with Gasteiger partial charge < -0.3 is 15.4 Å². The number of ether oxygens (including phenoxy) is 1. The summed E-state index contributed by atoms with van der Waals surface area (Å²) in [6.45, 7) is 6.80. The maximum Gasteiger partial charge on any atom is 0.407 e. The van der Waals surface area contributed by atoms with Gasteiger partial charge in [-0.2, -0.15) is 0 Å². The van der Waals surface area contributed by atoms with Crippen LogP contribution in [0.1, 0.15) is 39.2 Å². The van der Waals surface area contributed by atoms with E-state index < -0.39 is 5.60 Å². The van der Waals surface area contributed by atoms with Gasteiger partial charge in [0.2, 0.25) is 0 Å². The van der Waals surface area contributed by atoms with Crippen LogP contribution in [-0.4, -0.2) is 24.3 Å². The Balaban J connectivity index is 1.85. The van der Waals surface area contributed by atoms with Gasteiger partial charge in [0.15, 0.2) is 0 Å². The number of rotatable bonds is 6. The van der Waals surface area contributed by atoms with E-state index >= 15 is 0 Å². The van der Waals surface area contributed by atoms with E-state index in [1.807, 2.05) is 39.0 Å². The number of halogens is 2. The van der Waals surface area contributed by atoms with Crippen LogP contribution in [0.4, 0.5) is 4.79 Å². The standard InChI is InChI=1S/C17H24Cl2N2O2/c1-17(2,3)23-16(22)21-15(11-7-8-11)10-20-9-12-13(18)5-4-6-14(12)19/h4-6,11,15,20H,7-10H2,1-3H3,(H,21,22). The molecule has 0 heterocycles. The summed E-state index contributed by atoms with van der Waals surface area (Å²) in [6.07, 6.45) is 1.90. The molecular formula is C17H24Cl2N2O2. The van der Waals surface area contributed by atoms with Crippen LogP contribution in [0.25, 0.3) is 0 Å². The minimum Gasteiger partial charge on any atom is -0.444 e. The first-order chi connectivity index (χ1) is 10.8. The highest BCUT2D eigenvalue weighted by molar-refractivity contribution is 6.35. The van der Waals surface area contributed by atoms with Gasteiger partial charge in [-0.25, -0.2) is 4.79 Å². The zero-order valence-corrected chi connectivity index (χ0v) is 15.3. The fraction of sp³-hybridized carbons (Fsp3) is 0.588. The highest BCUT2D eigenvalue weighted by Crippen LogP contribution is 2.32. The second kappa shape index (κ2) is 7.73. The summed E-state index contributed by atoms with van der Waals surface area (Å²) in [5.74, 6) is 0.511. The van der Waals surface area contributed by atoms with Crippen molar-refractivity contribution in [2.24, 2.45) is 5.92 Å². The molecule has 0 saturated heterocycles. The second-order valence-electron chi connectivity index (χ2n) is 6.92. The molecule has 0 aromatic heterocycles. The number of amides is 1. The highest BCUT2D eigenvalue weighted by atomic mass is 35.5. The number of benzene rings is 1. The normalized spacial score (nSPS) is 16.0. The van der Waals surface area contributed by atoms with E-state index in [-0.39, 0.29) is 12.1 Å². The third-order valence-electron chi connectivity index (χ3n) is 3.62. The first-order valence-corrected chi connectivity index (χ1v) is 8.65. The van der Waals surface area contributed by atoms with Crippen LogP contribution in [0.3, 0.4) is 0 Å². The zero-order chi connectivity index (χ0) is 17.0. The Morgan fingerprint density at radius 1 is 1.30 bits per heavy atom. The molecular weight excluding hydrogens is 335 g/mol. The minimum atomic E-state index is -0.489. The number of carbonyl (C=O) groups excluding carboxylic acids is 1. The summed E-state index contributed by atoms with van der Waals surface area (Å²) in [6, 6.07) is 5.53. The molecule has 0 radical (unpaired) electrons. The average molecular weight is 359 g/mol. The first kappa shape index (κ1) is 18.4. The van der Waals surface area contributed by atoms with Crippen LogP contribution >= 0.6 is 23.2 Å². The zero-order valence-electron chi connectivity index (χ0n) is 13.8. The Morgan fingerprint density at radius 2 is 1.91 bits per heavy atom. The van der Waals surface area contributed by atoms with Crippen molar-refractivity contribution in [1.29, 1.82) is 0 Å². The molecule has 1 aromatic rings. The van der Waals surface area contributed by atoms with Gasteiger partial charge in [-0.15, -0.1) is 0 Å². The molecule has 0 bridgehead atoms. The van der Waals surface area contributed by atoms with E-state index in [0.29, 0.717) is 29.1 Å². The van der Waals surface area contributed by atoms with Crippen LogP contribution in [0.5, 0.6) is 0 Å². The van der Waals surface area contributed by atoms with Crippen LogP contribution in [0.2, 0.25) is 10.0 Å². The largest absolute Gasteiger partial charge is 0.444 e. The van der Waals surface area contributed by atoms with Crippen molar-refractivity contribution in [2.45, 2.75) is 51.8 Å². The predicted octanol–water partition coefficient (Wildman–Crippen LogP) is 4.39. The molecule has 2 rings (SSSR count). The van der Waals surface area contributed by atoms with Gasteiger partial charge in [-0.3, -0.25) is 0 Å². The fourth-order valence-corrected chi connectivity index (χ4v) is 2.88. The van der Waals surface area contributed by atoms with E-state index in [1.54, 1.807) is 0 Å². The molecule has 23 heavy (non-hydrogen) atoms. The second-order valence-corrected chi connectivity index (χ2v) is 7.74. The number of hydrogen-bond donors (Lipinski definition) is 2. The molecule has 2 N–H and O–H groups in total. The van der Waals surface area contributed by atoms with Crippen LogP contribution in [0, 0.1) is 5.92 Å². The third kappa shape index (κ3) is 6.21. The molecule has 1 aliphatic carbocycles. The first-order valence-electron chi connectivity index (χ1n) is 7.89. The van der Waals surface area contributed by atoms with Crippen LogP contribution in [0.15, 0.2) is 18.2 Å². The van der Waals surface area contributed by atoms with Gasteiger partial charge in [0.25, 0.3) is 0 Å². The topological polar surface area (TPSA) is 50.4 Å².